The second-order valence-corrected chi connectivity index (χ2v) is 14.0. The van der Waals surface area contributed by atoms with Crippen LogP contribution in [0.3, 0.4) is 0 Å². The van der Waals surface area contributed by atoms with Gasteiger partial charge in [0.25, 0.3) is 0 Å². The molecule has 11 rings (SSSR count). The Kier molecular flexibility index (Phi) is 7.50. The number of benzene rings is 7. The molecule has 0 N–H and O–H groups in total. The zero-order chi connectivity index (χ0) is 35.2. The van der Waals surface area contributed by atoms with Crippen molar-refractivity contribution < 1.29 is 22.4 Å². The quantitative estimate of drug-likeness (QED) is 0.130. The maximum Gasteiger partial charge on any atom is 3.00 e. The van der Waals surface area contributed by atoms with E-state index in [1.807, 2.05) is 6.07 Å². The third kappa shape index (κ3) is 4.92. The van der Waals surface area contributed by atoms with Crippen LogP contribution >= 0.6 is 0 Å². The Hall–Kier alpha value is -6.17. The Morgan fingerprint density at radius 1 is 0.481 bits per heavy atom. The maximum atomic E-state index is 5.30. The van der Waals surface area contributed by atoms with Crippen LogP contribution in [0.5, 0.6) is 0 Å². The van der Waals surface area contributed by atoms with E-state index in [4.69, 9.17) is 9.97 Å². The molecule has 0 saturated carbocycles. The minimum atomic E-state index is 0. The van der Waals surface area contributed by atoms with Gasteiger partial charge < -0.3 is 14.1 Å². The molecule has 54 heavy (non-hydrogen) atoms. The molecule has 0 saturated heterocycles. The summed E-state index contributed by atoms with van der Waals surface area (Å²) in [6.07, 6.45) is 0. The van der Waals surface area contributed by atoms with Gasteiger partial charge in [-0.15, -0.1) is 28.7 Å². The molecular weight excluding hydrogens is 842 g/mol. The van der Waals surface area contributed by atoms with E-state index in [1.54, 1.807) is 0 Å². The summed E-state index contributed by atoms with van der Waals surface area (Å²) in [5.41, 5.74) is 14.7. The van der Waals surface area contributed by atoms with Crippen LogP contribution in [-0.2, 0) is 36.5 Å². The normalized spacial score (nSPS) is 11.7. The van der Waals surface area contributed by atoms with Crippen LogP contribution in [0.2, 0.25) is 0 Å². The summed E-state index contributed by atoms with van der Waals surface area (Å²) in [5.74, 6) is 0. The number of aromatic nitrogens is 4. The zero-order valence-corrected chi connectivity index (χ0v) is 31.7. The van der Waals surface area contributed by atoms with Crippen molar-refractivity contribution in [3.05, 3.63) is 164 Å². The third-order valence-corrected chi connectivity index (χ3v) is 11.0. The first-order chi connectivity index (χ1) is 26.1. The van der Waals surface area contributed by atoms with Crippen LogP contribution in [0.15, 0.2) is 152 Å². The number of para-hydroxylation sites is 4. The Morgan fingerprint density at radius 3 is 1.93 bits per heavy atom. The van der Waals surface area contributed by atoms with Gasteiger partial charge in [-0.05, 0) is 63.1 Å². The average Bonchev–Trinajstić information content (AvgIpc) is 3.84. The van der Waals surface area contributed by atoms with E-state index in [1.165, 1.54) is 38.1 Å². The van der Waals surface area contributed by atoms with Gasteiger partial charge in [0.15, 0.2) is 0 Å². The van der Waals surface area contributed by atoms with Crippen molar-refractivity contribution in [2.75, 3.05) is 0 Å². The van der Waals surface area contributed by atoms with Crippen LogP contribution in [0.1, 0.15) is 0 Å². The minimum Gasteiger partial charge on any atom is -0.656 e. The van der Waals surface area contributed by atoms with Crippen molar-refractivity contribution >= 4 is 65.4 Å². The van der Waals surface area contributed by atoms with Crippen LogP contribution in [0.25, 0.3) is 110 Å². The molecule has 0 atom stereocenters. The first-order valence-corrected chi connectivity index (χ1v) is 18.0. The summed E-state index contributed by atoms with van der Waals surface area (Å²) in [6.45, 7) is 0. The molecule has 0 amide bonds. The van der Waals surface area contributed by atoms with E-state index in [9.17, 15) is 0 Å². The van der Waals surface area contributed by atoms with Crippen molar-refractivity contribution in [3.8, 4) is 44.8 Å². The number of hydrogen-bond donors (Lipinski definition) is 0. The first-order valence-electron chi connectivity index (χ1n) is 18.0. The second kappa shape index (κ2) is 12.5. The number of nitrogens with zero attached hydrogens (tertiary/aromatic N) is 4. The Morgan fingerprint density at radius 2 is 1.11 bits per heavy atom. The van der Waals surface area contributed by atoms with E-state index < -0.39 is 0 Å². The van der Waals surface area contributed by atoms with E-state index in [0.717, 1.165) is 72.1 Å². The van der Waals surface area contributed by atoms with Gasteiger partial charge in [0.1, 0.15) is 0 Å². The molecule has 5 heteroatoms. The number of fused-ring (bicyclic) bond motifs is 9. The molecule has 258 valence electrons. The molecule has 0 aliphatic heterocycles. The fraction of sp³-hybridized carbons (Fsp3) is 0.0408. The van der Waals surface area contributed by atoms with E-state index in [2.05, 4.69) is 181 Å². The van der Waals surface area contributed by atoms with Crippen molar-refractivity contribution in [1.29, 1.82) is 0 Å². The standard InChI is InChI=1S/C49H31N4.Au/c1-52-45-19-7-4-12-36(45)40-28-30(21-23-47(40)52)32-25-33(31-22-24-48-41(29-31)37-13-5-8-20-46(37)53(48)2)27-34(26-32)42-17-10-18-44(50-42)39-15-9-14-38-35-11-3-6-16-43(35)51-49(38)39;/h3-21,23-26,28-29H,1-2H3;/q-3;+3. The Balaban J connectivity index is 0.00000361. The van der Waals surface area contributed by atoms with Crippen LogP contribution in [0, 0.1) is 12.1 Å². The topological polar surface area (TPSA) is 36.9 Å². The Bertz CT molecular complexity index is 3130. The summed E-state index contributed by atoms with van der Waals surface area (Å²) in [4.78, 5) is 10.3. The fourth-order valence-corrected chi connectivity index (χ4v) is 8.37. The monoisotopic (exact) mass is 872 g/mol. The van der Waals surface area contributed by atoms with Crippen molar-refractivity contribution in [1.82, 2.24) is 19.1 Å². The van der Waals surface area contributed by atoms with E-state index in [-0.39, 0.29) is 22.4 Å². The number of hydrogen-bond acceptors (Lipinski definition) is 1. The Labute approximate surface area is 327 Å². The van der Waals surface area contributed by atoms with Gasteiger partial charge in [0.2, 0.25) is 0 Å². The van der Waals surface area contributed by atoms with Crippen LogP contribution < -0.4 is 4.98 Å². The molecule has 4 nitrogen and oxygen atoms in total. The van der Waals surface area contributed by atoms with E-state index >= 15 is 0 Å². The number of aryl methyl sites for hydroxylation is 2. The first kappa shape index (κ1) is 32.5. The second-order valence-electron chi connectivity index (χ2n) is 14.0. The van der Waals surface area contributed by atoms with Gasteiger partial charge in [0.05, 0.1) is 5.69 Å². The number of pyridine rings is 1. The molecule has 0 aliphatic carbocycles. The van der Waals surface area contributed by atoms with Crippen molar-refractivity contribution in [2.24, 2.45) is 14.1 Å². The molecule has 0 radical (unpaired) electrons. The molecule has 0 fully saturated rings. The van der Waals surface area contributed by atoms with Crippen molar-refractivity contribution in [3.63, 3.8) is 0 Å². The average molecular weight is 873 g/mol. The molecule has 4 heterocycles. The van der Waals surface area contributed by atoms with E-state index in [0.29, 0.717) is 0 Å². The van der Waals surface area contributed by atoms with Crippen LogP contribution in [-0.4, -0.2) is 14.1 Å². The largest absolute Gasteiger partial charge is 3.00 e. The SMILES string of the molecule is Cn1c2c[c-]c(-c3[c-]c(-c4cccc(-c5cccc6c5[n-]c5ccccc56)n4)cc(-c4ccc5c(c4)c4ccccc4n5C)c3)cc2c2ccccc21.[Au+3]. The molecule has 4 aromatic heterocycles. The summed E-state index contributed by atoms with van der Waals surface area (Å²) in [6, 6.07) is 61.3. The summed E-state index contributed by atoms with van der Waals surface area (Å²) in [7, 11) is 4.27. The molecule has 11 aromatic rings. The minimum absolute atomic E-state index is 0. The predicted octanol–water partition coefficient (Wildman–Crippen LogP) is 11.9. The van der Waals surface area contributed by atoms with Gasteiger partial charge in [-0.3, -0.25) is 4.98 Å². The fourth-order valence-electron chi connectivity index (χ4n) is 8.37. The molecular formula is C49H31AuN4. The zero-order valence-electron chi connectivity index (χ0n) is 29.5. The van der Waals surface area contributed by atoms with Gasteiger partial charge in [-0.1, -0.05) is 108 Å². The third-order valence-electron chi connectivity index (χ3n) is 11.0. The number of rotatable bonds is 4. The molecule has 0 unspecified atom stereocenters. The molecule has 0 bridgehead atoms. The van der Waals surface area contributed by atoms with Gasteiger partial charge in [-0.25, -0.2) is 5.56 Å². The predicted molar refractivity (Wildman–Crippen MR) is 220 cm³/mol. The summed E-state index contributed by atoms with van der Waals surface area (Å²) in [5, 5.41) is 7.23. The molecule has 0 spiro atoms. The van der Waals surface area contributed by atoms with Gasteiger partial charge >= 0.3 is 22.4 Å². The summed E-state index contributed by atoms with van der Waals surface area (Å²) < 4.78 is 4.52. The smallest absolute Gasteiger partial charge is 0.656 e. The molecule has 0 aliphatic rings. The van der Waals surface area contributed by atoms with Gasteiger partial charge in [0, 0.05) is 47.1 Å². The van der Waals surface area contributed by atoms with Crippen LogP contribution in [0.4, 0.5) is 0 Å². The van der Waals surface area contributed by atoms with Gasteiger partial charge in [-0.2, -0.15) is 29.8 Å². The molecule has 7 aromatic carbocycles. The maximum absolute atomic E-state index is 5.30. The van der Waals surface area contributed by atoms with Crippen molar-refractivity contribution in [2.45, 2.75) is 0 Å². The summed E-state index contributed by atoms with van der Waals surface area (Å²) >= 11 is 0.